The van der Waals surface area contributed by atoms with Gasteiger partial charge in [-0.3, -0.25) is 9.00 Å². The molecule has 5 heteroatoms. The van der Waals surface area contributed by atoms with Gasteiger partial charge in [0, 0.05) is 18.8 Å². The van der Waals surface area contributed by atoms with Crippen molar-refractivity contribution in [2.45, 2.75) is 24.7 Å². The fourth-order valence-corrected chi connectivity index (χ4v) is 3.23. The van der Waals surface area contributed by atoms with Crippen molar-refractivity contribution < 1.29 is 9.00 Å². The maximum Gasteiger partial charge on any atom is 0.235 e. The van der Waals surface area contributed by atoms with Gasteiger partial charge in [-0.2, -0.15) is 0 Å². The maximum absolute atomic E-state index is 12.1. The van der Waals surface area contributed by atoms with E-state index in [1.807, 2.05) is 13.0 Å². The molecule has 0 aliphatic carbocycles. The van der Waals surface area contributed by atoms with Crippen LogP contribution in [0.3, 0.4) is 0 Å². The number of nitrogens with zero attached hydrogens (tertiary/aromatic N) is 1. The minimum absolute atomic E-state index is 0.0350. The van der Waals surface area contributed by atoms with Gasteiger partial charge in [-0.05, 0) is 37.5 Å². The Labute approximate surface area is 110 Å². The molecule has 4 nitrogen and oxygen atoms in total. The van der Waals surface area contributed by atoms with Crippen LogP contribution in [-0.2, 0) is 15.6 Å². The predicted molar refractivity (Wildman–Crippen MR) is 72.7 cm³/mol. The number of hydrogen-bond acceptors (Lipinski definition) is 3. The fourth-order valence-electron chi connectivity index (χ4n) is 2.12. The molecular formula is C13H18N2O2S. The van der Waals surface area contributed by atoms with Crippen LogP contribution in [0.15, 0.2) is 23.1 Å². The second kappa shape index (κ2) is 5.52. The summed E-state index contributed by atoms with van der Waals surface area (Å²) < 4.78 is 12.1. The monoisotopic (exact) mass is 266 g/mol. The smallest absolute Gasteiger partial charge is 0.235 e. The summed E-state index contributed by atoms with van der Waals surface area (Å²) in [6.07, 6.45) is 2.09. The van der Waals surface area contributed by atoms with E-state index in [9.17, 15) is 9.00 Å². The van der Waals surface area contributed by atoms with E-state index in [0.29, 0.717) is 10.6 Å². The zero-order chi connectivity index (χ0) is 13.1. The average molecular weight is 266 g/mol. The summed E-state index contributed by atoms with van der Waals surface area (Å²) in [4.78, 5) is 14.2. The van der Waals surface area contributed by atoms with Crippen molar-refractivity contribution in [1.29, 1.82) is 0 Å². The molecule has 2 rings (SSSR count). The van der Waals surface area contributed by atoms with Crippen molar-refractivity contribution in [3.63, 3.8) is 0 Å². The van der Waals surface area contributed by atoms with Crippen LogP contribution in [0.5, 0.6) is 0 Å². The highest BCUT2D eigenvalue weighted by atomic mass is 32.2. The fraction of sp³-hybridized carbons (Fsp3) is 0.462. The third kappa shape index (κ3) is 2.90. The molecule has 1 unspecified atom stereocenters. The van der Waals surface area contributed by atoms with E-state index in [0.717, 1.165) is 31.5 Å². The van der Waals surface area contributed by atoms with Gasteiger partial charge in [0.1, 0.15) is 5.75 Å². The number of hydrogen-bond donors (Lipinski definition) is 1. The van der Waals surface area contributed by atoms with Gasteiger partial charge in [0.05, 0.1) is 15.7 Å². The first-order chi connectivity index (χ1) is 8.58. The van der Waals surface area contributed by atoms with Crippen LogP contribution < -0.4 is 5.73 Å². The molecule has 1 saturated heterocycles. The van der Waals surface area contributed by atoms with Crippen LogP contribution in [0.25, 0.3) is 0 Å². The Kier molecular flexibility index (Phi) is 4.01. The van der Waals surface area contributed by atoms with Crippen LogP contribution in [-0.4, -0.2) is 33.9 Å². The van der Waals surface area contributed by atoms with Crippen LogP contribution in [0, 0.1) is 6.92 Å². The molecule has 98 valence electrons. The number of amides is 1. The van der Waals surface area contributed by atoms with Gasteiger partial charge in [-0.15, -0.1) is 0 Å². The molecule has 1 aliphatic rings. The molecule has 0 spiro atoms. The molecule has 0 radical (unpaired) electrons. The number of likely N-dealkylation sites (tertiary alicyclic amines) is 1. The summed E-state index contributed by atoms with van der Waals surface area (Å²) in [5.41, 5.74) is 7.36. The number of rotatable bonds is 3. The van der Waals surface area contributed by atoms with Crippen molar-refractivity contribution in [2.75, 3.05) is 24.6 Å². The van der Waals surface area contributed by atoms with E-state index in [1.54, 1.807) is 17.0 Å². The van der Waals surface area contributed by atoms with E-state index < -0.39 is 10.8 Å². The van der Waals surface area contributed by atoms with Gasteiger partial charge >= 0.3 is 0 Å². The Morgan fingerprint density at radius 3 is 2.67 bits per heavy atom. The van der Waals surface area contributed by atoms with Crippen LogP contribution >= 0.6 is 0 Å². The Bertz CT molecular complexity index is 482. The van der Waals surface area contributed by atoms with E-state index in [2.05, 4.69) is 0 Å². The molecule has 0 aromatic heterocycles. The largest absolute Gasteiger partial charge is 0.398 e. The van der Waals surface area contributed by atoms with Gasteiger partial charge in [0.15, 0.2) is 0 Å². The summed E-state index contributed by atoms with van der Waals surface area (Å²) in [6, 6.07) is 5.40. The molecule has 0 saturated carbocycles. The number of aryl methyl sites for hydroxylation is 1. The number of anilines is 1. The highest BCUT2D eigenvalue weighted by Crippen LogP contribution is 2.19. The predicted octanol–water partition coefficient (Wildman–Crippen LogP) is 1.31. The Hall–Kier alpha value is -1.36. The third-order valence-electron chi connectivity index (χ3n) is 3.12. The van der Waals surface area contributed by atoms with Crippen molar-refractivity contribution in [1.82, 2.24) is 4.90 Å². The first-order valence-corrected chi connectivity index (χ1v) is 7.42. The second-order valence-corrected chi connectivity index (χ2v) is 6.04. The molecule has 1 amide bonds. The normalized spacial score (nSPS) is 16.8. The quantitative estimate of drug-likeness (QED) is 0.839. The minimum Gasteiger partial charge on any atom is -0.398 e. The molecule has 18 heavy (non-hydrogen) atoms. The van der Waals surface area contributed by atoms with E-state index >= 15 is 0 Å². The topological polar surface area (TPSA) is 63.4 Å². The lowest BCUT2D eigenvalue weighted by Gasteiger charge is -2.15. The number of nitrogen functional groups attached to an aromatic ring is 1. The molecular weight excluding hydrogens is 248 g/mol. The molecule has 1 fully saturated rings. The minimum atomic E-state index is -1.35. The van der Waals surface area contributed by atoms with Crippen molar-refractivity contribution in [3.05, 3.63) is 23.8 Å². The number of carbonyl (C=O) groups excluding carboxylic acids is 1. The van der Waals surface area contributed by atoms with Crippen molar-refractivity contribution in [2.24, 2.45) is 0 Å². The van der Waals surface area contributed by atoms with Gasteiger partial charge in [0.2, 0.25) is 5.91 Å². The lowest BCUT2D eigenvalue weighted by Crippen LogP contribution is -2.31. The number of nitrogens with two attached hydrogens (primary N) is 1. The summed E-state index contributed by atoms with van der Waals surface area (Å²) >= 11 is 0. The zero-order valence-corrected chi connectivity index (χ0v) is 11.3. The average Bonchev–Trinajstić information content (AvgIpc) is 2.81. The summed E-state index contributed by atoms with van der Waals surface area (Å²) in [5.74, 6) is -0.00131. The second-order valence-electron chi connectivity index (χ2n) is 4.62. The number of carbonyl (C=O) groups is 1. The molecule has 0 bridgehead atoms. The Morgan fingerprint density at radius 1 is 1.39 bits per heavy atom. The van der Waals surface area contributed by atoms with E-state index in [1.165, 1.54) is 0 Å². The SMILES string of the molecule is Cc1ccc(S(=O)CC(=O)N2CCCC2)c(N)c1. The standard InChI is InChI=1S/C13H18N2O2S/c1-10-4-5-12(11(14)8-10)18(17)9-13(16)15-6-2-3-7-15/h4-5,8H,2-3,6-7,9,14H2,1H3. The van der Waals surface area contributed by atoms with Crippen molar-refractivity contribution >= 4 is 22.4 Å². The van der Waals surface area contributed by atoms with Crippen LogP contribution in [0.4, 0.5) is 5.69 Å². The molecule has 1 atom stereocenters. The highest BCUT2D eigenvalue weighted by Gasteiger charge is 2.21. The lowest BCUT2D eigenvalue weighted by atomic mass is 10.2. The first kappa shape index (κ1) is 13.1. The third-order valence-corrected chi connectivity index (χ3v) is 4.50. The van der Waals surface area contributed by atoms with Gasteiger partial charge < -0.3 is 10.6 Å². The van der Waals surface area contributed by atoms with Gasteiger partial charge in [-0.25, -0.2) is 0 Å². The van der Waals surface area contributed by atoms with Gasteiger partial charge in [0.25, 0.3) is 0 Å². The van der Waals surface area contributed by atoms with Crippen molar-refractivity contribution in [3.8, 4) is 0 Å². The van der Waals surface area contributed by atoms with Gasteiger partial charge in [-0.1, -0.05) is 6.07 Å². The highest BCUT2D eigenvalue weighted by molar-refractivity contribution is 7.86. The molecule has 2 N–H and O–H groups in total. The van der Waals surface area contributed by atoms with Crippen LogP contribution in [0.1, 0.15) is 18.4 Å². The first-order valence-electron chi connectivity index (χ1n) is 6.10. The summed E-state index contributed by atoms with van der Waals surface area (Å²) in [6.45, 7) is 3.51. The molecule has 1 heterocycles. The zero-order valence-electron chi connectivity index (χ0n) is 10.5. The molecule has 1 aliphatic heterocycles. The lowest BCUT2D eigenvalue weighted by molar-refractivity contribution is -0.127. The molecule has 1 aromatic carbocycles. The summed E-state index contributed by atoms with van der Waals surface area (Å²) in [5, 5.41) is 0. The van der Waals surface area contributed by atoms with E-state index in [4.69, 9.17) is 5.73 Å². The Morgan fingerprint density at radius 2 is 2.06 bits per heavy atom. The Balaban J connectivity index is 2.05. The van der Waals surface area contributed by atoms with Crippen LogP contribution in [0.2, 0.25) is 0 Å². The maximum atomic E-state index is 12.1. The molecule has 1 aromatic rings. The van der Waals surface area contributed by atoms with E-state index in [-0.39, 0.29) is 11.7 Å². The number of benzene rings is 1. The summed E-state index contributed by atoms with van der Waals surface area (Å²) in [7, 11) is -1.35.